The van der Waals surface area contributed by atoms with Crippen LogP contribution in [0.3, 0.4) is 0 Å². The second-order valence-corrected chi connectivity index (χ2v) is 3.84. The summed E-state index contributed by atoms with van der Waals surface area (Å²) >= 11 is 0. The smallest absolute Gasteiger partial charge is 0.318 e. The number of carbonyl (C=O) groups excluding carboxylic acids is 1. The zero-order valence-corrected chi connectivity index (χ0v) is 9.68. The molecule has 0 radical (unpaired) electrons. The number of amides is 1. The standard InChI is InChI=1S/C11H15N3O3/c1-8(15)13-10-2-5-12-11(14-10)17-9-3-6-16-7-4-9/h2,5,9H,3-4,6-7H2,1H3,(H,12,13,14,15). The van der Waals surface area contributed by atoms with Gasteiger partial charge in [0, 0.05) is 26.0 Å². The van der Waals surface area contributed by atoms with Crippen molar-refractivity contribution in [3.8, 4) is 6.01 Å². The van der Waals surface area contributed by atoms with E-state index in [1.165, 1.54) is 6.92 Å². The van der Waals surface area contributed by atoms with E-state index in [4.69, 9.17) is 9.47 Å². The normalized spacial score (nSPS) is 16.5. The second kappa shape index (κ2) is 5.58. The second-order valence-electron chi connectivity index (χ2n) is 3.84. The molecule has 2 heterocycles. The van der Waals surface area contributed by atoms with Crippen LogP contribution in [-0.4, -0.2) is 35.2 Å². The summed E-state index contributed by atoms with van der Waals surface area (Å²) in [6.07, 6.45) is 3.34. The van der Waals surface area contributed by atoms with E-state index in [0.717, 1.165) is 12.8 Å². The fraction of sp³-hybridized carbons (Fsp3) is 0.545. The van der Waals surface area contributed by atoms with E-state index in [2.05, 4.69) is 15.3 Å². The molecule has 1 aromatic heterocycles. The minimum Gasteiger partial charge on any atom is -0.460 e. The van der Waals surface area contributed by atoms with Gasteiger partial charge in [-0.25, -0.2) is 4.98 Å². The van der Waals surface area contributed by atoms with E-state index in [-0.39, 0.29) is 12.0 Å². The van der Waals surface area contributed by atoms with Crippen LogP contribution >= 0.6 is 0 Å². The first-order valence-corrected chi connectivity index (χ1v) is 5.59. The lowest BCUT2D eigenvalue weighted by atomic mass is 10.2. The zero-order chi connectivity index (χ0) is 12.1. The molecular weight excluding hydrogens is 222 g/mol. The maximum Gasteiger partial charge on any atom is 0.318 e. The summed E-state index contributed by atoms with van der Waals surface area (Å²) in [4.78, 5) is 19.0. The van der Waals surface area contributed by atoms with Gasteiger partial charge < -0.3 is 14.8 Å². The highest BCUT2D eigenvalue weighted by Gasteiger charge is 2.16. The summed E-state index contributed by atoms with van der Waals surface area (Å²) in [5.74, 6) is 0.287. The quantitative estimate of drug-likeness (QED) is 0.848. The highest BCUT2D eigenvalue weighted by atomic mass is 16.5. The van der Waals surface area contributed by atoms with Crippen LogP contribution in [0.4, 0.5) is 5.82 Å². The van der Waals surface area contributed by atoms with E-state index in [1.54, 1.807) is 12.3 Å². The molecule has 1 fully saturated rings. The van der Waals surface area contributed by atoms with Gasteiger partial charge in [0.05, 0.1) is 13.2 Å². The number of nitrogens with one attached hydrogen (secondary N) is 1. The molecule has 1 aliphatic rings. The Bertz CT molecular complexity index is 391. The Morgan fingerprint density at radius 2 is 2.29 bits per heavy atom. The highest BCUT2D eigenvalue weighted by molar-refractivity contribution is 5.87. The molecule has 92 valence electrons. The minimum absolute atomic E-state index is 0.0938. The number of aromatic nitrogens is 2. The van der Waals surface area contributed by atoms with E-state index in [9.17, 15) is 4.79 Å². The number of carbonyl (C=O) groups is 1. The Labute approximate surface area is 99.4 Å². The number of hydrogen-bond donors (Lipinski definition) is 1. The van der Waals surface area contributed by atoms with Crippen LogP contribution in [0.5, 0.6) is 6.01 Å². The van der Waals surface area contributed by atoms with Crippen LogP contribution < -0.4 is 10.1 Å². The number of anilines is 1. The number of nitrogens with zero attached hydrogens (tertiary/aromatic N) is 2. The Morgan fingerprint density at radius 1 is 1.53 bits per heavy atom. The molecule has 0 aromatic carbocycles. The van der Waals surface area contributed by atoms with E-state index >= 15 is 0 Å². The third-order valence-corrected chi connectivity index (χ3v) is 2.38. The van der Waals surface area contributed by atoms with E-state index in [0.29, 0.717) is 25.0 Å². The van der Waals surface area contributed by atoms with E-state index in [1.807, 2.05) is 0 Å². The lowest BCUT2D eigenvalue weighted by molar-refractivity contribution is -0.114. The molecule has 1 N–H and O–H groups in total. The average Bonchev–Trinajstić information content (AvgIpc) is 2.30. The summed E-state index contributed by atoms with van der Waals surface area (Å²) in [6, 6.07) is 1.92. The van der Waals surface area contributed by atoms with Crippen molar-refractivity contribution in [3.63, 3.8) is 0 Å². The van der Waals surface area contributed by atoms with Crippen molar-refractivity contribution in [1.29, 1.82) is 0 Å². The summed E-state index contributed by atoms with van der Waals surface area (Å²) in [7, 11) is 0. The fourth-order valence-electron chi connectivity index (χ4n) is 1.59. The first kappa shape index (κ1) is 11.8. The van der Waals surface area contributed by atoms with Crippen molar-refractivity contribution in [2.75, 3.05) is 18.5 Å². The van der Waals surface area contributed by atoms with Crippen LogP contribution in [0.25, 0.3) is 0 Å². The van der Waals surface area contributed by atoms with Gasteiger partial charge in [0.2, 0.25) is 5.91 Å². The van der Waals surface area contributed by atoms with Gasteiger partial charge in [-0.15, -0.1) is 0 Å². The molecule has 6 heteroatoms. The van der Waals surface area contributed by atoms with Crippen LogP contribution in [0.15, 0.2) is 12.3 Å². The molecule has 0 atom stereocenters. The topological polar surface area (TPSA) is 73.3 Å². The molecule has 1 aliphatic heterocycles. The molecule has 1 saturated heterocycles. The molecule has 0 aliphatic carbocycles. The third kappa shape index (κ3) is 3.67. The molecule has 6 nitrogen and oxygen atoms in total. The van der Waals surface area contributed by atoms with Crippen LogP contribution in [0.1, 0.15) is 19.8 Å². The predicted molar refractivity (Wildman–Crippen MR) is 60.8 cm³/mol. The SMILES string of the molecule is CC(=O)Nc1ccnc(OC2CCOCC2)n1. The number of rotatable bonds is 3. The molecule has 1 amide bonds. The van der Waals surface area contributed by atoms with Crippen molar-refractivity contribution in [2.45, 2.75) is 25.9 Å². The van der Waals surface area contributed by atoms with Crippen LogP contribution in [0.2, 0.25) is 0 Å². The zero-order valence-electron chi connectivity index (χ0n) is 9.68. The Balaban J connectivity index is 1.97. The first-order valence-electron chi connectivity index (χ1n) is 5.59. The molecule has 1 aromatic rings. The van der Waals surface area contributed by atoms with Gasteiger partial charge in [-0.3, -0.25) is 4.79 Å². The fourth-order valence-corrected chi connectivity index (χ4v) is 1.59. The van der Waals surface area contributed by atoms with E-state index < -0.39 is 0 Å². The minimum atomic E-state index is -0.166. The van der Waals surface area contributed by atoms with Gasteiger partial charge in [-0.1, -0.05) is 0 Å². The molecule has 17 heavy (non-hydrogen) atoms. The van der Waals surface area contributed by atoms with Crippen molar-refractivity contribution >= 4 is 11.7 Å². The Hall–Kier alpha value is -1.69. The van der Waals surface area contributed by atoms with Gasteiger partial charge >= 0.3 is 6.01 Å². The molecule has 0 unspecified atom stereocenters. The summed E-state index contributed by atoms with van der Waals surface area (Å²) in [6.45, 7) is 2.84. The average molecular weight is 237 g/mol. The summed E-state index contributed by atoms with van der Waals surface area (Å²) in [5, 5.41) is 2.59. The monoisotopic (exact) mass is 237 g/mol. The van der Waals surface area contributed by atoms with Crippen molar-refractivity contribution in [3.05, 3.63) is 12.3 Å². The summed E-state index contributed by atoms with van der Waals surface area (Å²) < 4.78 is 10.9. The van der Waals surface area contributed by atoms with Gasteiger partial charge in [0.25, 0.3) is 0 Å². The lowest BCUT2D eigenvalue weighted by Crippen LogP contribution is -2.26. The third-order valence-electron chi connectivity index (χ3n) is 2.38. The number of ether oxygens (including phenoxy) is 2. The summed E-state index contributed by atoms with van der Waals surface area (Å²) in [5.41, 5.74) is 0. The highest BCUT2D eigenvalue weighted by Crippen LogP contribution is 2.15. The molecule has 0 saturated carbocycles. The van der Waals surface area contributed by atoms with Crippen molar-refractivity contribution in [2.24, 2.45) is 0 Å². The van der Waals surface area contributed by atoms with Crippen molar-refractivity contribution in [1.82, 2.24) is 9.97 Å². The van der Waals surface area contributed by atoms with Crippen LogP contribution in [0, 0.1) is 0 Å². The molecule has 2 rings (SSSR count). The maximum atomic E-state index is 10.9. The van der Waals surface area contributed by atoms with Gasteiger partial charge in [-0.05, 0) is 6.07 Å². The maximum absolute atomic E-state index is 10.9. The largest absolute Gasteiger partial charge is 0.460 e. The number of hydrogen-bond acceptors (Lipinski definition) is 5. The Morgan fingerprint density at radius 3 is 3.00 bits per heavy atom. The lowest BCUT2D eigenvalue weighted by Gasteiger charge is -2.22. The molecular formula is C11H15N3O3. The first-order chi connectivity index (χ1) is 8.24. The van der Waals surface area contributed by atoms with Crippen LogP contribution in [-0.2, 0) is 9.53 Å². The Kier molecular flexibility index (Phi) is 3.87. The molecule has 0 spiro atoms. The predicted octanol–water partition coefficient (Wildman–Crippen LogP) is 0.993. The molecule has 0 bridgehead atoms. The van der Waals surface area contributed by atoms with Crippen molar-refractivity contribution < 1.29 is 14.3 Å². The van der Waals surface area contributed by atoms with Gasteiger partial charge in [0.15, 0.2) is 0 Å². The van der Waals surface area contributed by atoms with Gasteiger partial charge in [0.1, 0.15) is 11.9 Å². The van der Waals surface area contributed by atoms with Gasteiger partial charge in [-0.2, -0.15) is 4.98 Å².